The van der Waals surface area contributed by atoms with Crippen molar-refractivity contribution in [3.05, 3.63) is 101 Å². The Balaban J connectivity index is 1.54. The summed E-state index contributed by atoms with van der Waals surface area (Å²) < 4.78 is 0. The highest BCUT2D eigenvalue weighted by Gasteiger charge is 2.61. The van der Waals surface area contributed by atoms with E-state index in [0.29, 0.717) is 11.3 Å². The smallest absolute Gasteiger partial charge is 0.238 e. The topological polar surface area (TPSA) is 61.2 Å². The highest BCUT2D eigenvalue weighted by Crippen LogP contribution is 2.61. The van der Waals surface area contributed by atoms with Gasteiger partial charge in [-0.15, -0.1) is 0 Å². The molecule has 2 unspecified atom stereocenters. The molecule has 3 aromatic carbocycles. The maximum absolute atomic E-state index is 13.6. The van der Waals surface area contributed by atoms with Gasteiger partial charge in [0.05, 0.1) is 29.2 Å². The van der Waals surface area contributed by atoms with Crippen molar-refractivity contribution >= 4 is 17.5 Å². The zero-order valence-electron chi connectivity index (χ0n) is 15.4. The zero-order valence-corrected chi connectivity index (χ0v) is 15.4. The van der Waals surface area contributed by atoms with Crippen LogP contribution in [0.2, 0.25) is 0 Å². The van der Waals surface area contributed by atoms with Crippen molar-refractivity contribution in [3.8, 4) is 6.07 Å². The van der Waals surface area contributed by atoms with Gasteiger partial charge in [-0.2, -0.15) is 5.26 Å². The van der Waals surface area contributed by atoms with E-state index in [-0.39, 0.29) is 35.5 Å². The van der Waals surface area contributed by atoms with Crippen LogP contribution in [0.1, 0.15) is 39.7 Å². The summed E-state index contributed by atoms with van der Waals surface area (Å²) in [5.74, 6) is -1.23. The van der Waals surface area contributed by atoms with Crippen LogP contribution in [0.3, 0.4) is 0 Å². The molecule has 1 heterocycles. The summed E-state index contributed by atoms with van der Waals surface area (Å²) in [5, 5.41) is 9.05. The molecule has 1 fully saturated rings. The highest BCUT2D eigenvalue weighted by atomic mass is 16.2. The van der Waals surface area contributed by atoms with Crippen LogP contribution in [0.25, 0.3) is 0 Å². The summed E-state index contributed by atoms with van der Waals surface area (Å²) in [4.78, 5) is 28.5. The molecule has 2 amide bonds. The fraction of sp³-hybridized carbons (Fsp3) is 0.160. The van der Waals surface area contributed by atoms with Gasteiger partial charge < -0.3 is 0 Å². The molecule has 1 saturated heterocycles. The molecule has 4 aliphatic rings. The van der Waals surface area contributed by atoms with E-state index in [9.17, 15) is 9.59 Å². The second kappa shape index (κ2) is 5.65. The minimum Gasteiger partial charge on any atom is -0.274 e. The van der Waals surface area contributed by atoms with Gasteiger partial charge in [-0.05, 0) is 46.5 Å². The number of amides is 2. The second-order valence-electron chi connectivity index (χ2n) is 7.94. The van der Waals surface area contributed by atoms with Gasteiger partial charge in [0.2, 0.25) is 11.8 Å². The lowest BCUT2D eigenvalue weighted by Gasteiger charge is -2.45. The summed E-state index contributed by atoms with van der Waals surface area (Å²) in [7, 11) is 0. The molecule has 0 spiro atoms. The first-order valence-electron chi connectivity index (χ1n) is 9.76. The van der Waals surface area contributed by atoms with Crippen molar-refractivity contribution in [1.29, 1.82) is 5.26 Å². The number of nitriles is 1. The molecule has 2 bridgehead atoms. The molecule has 7 rings (SSSR count). The number of carbonyl (C=O) groups is 2. The van der Waals surface area contributed by atoms with E-state index in [2.05, 4.69) is 30.3 Å². The van der Waals surface area contributed by atoms with Crippen molar-refractivity contribution in [3.63, 3.8) is 0 Å². The number of rotatable bonds is 1. The molecular formula is C25H16N2O2. The number of imide groups is 1. The van der Waals surface area contributed by atoms with Crippen LogP contribution in [0.4, 0.5) is 5.69 Å². The van der Waals surface area contributed by atoms with E-state index in [1.54, 1.807) is 24.3 Å². The van der Waals surface area contributed by atoms with Gasteiger partial charge in [-0.1, -0.05) is 48.5 Å². The number of nitrogens with zero attached hydrogens (tertiary/aromatic N) is 2. The summed E-state index contributed by atoms with van der Waals surface area (Å²) in [6, 6.07) is 25.2. The SMILES string of the molecule is N#Cc1ccc(N2C(=O)C3C4c5ccccc5C(c5ccccc54)C3C2=O)cc1. The van der Waals surface area contributed by atoms with Gasteiger partial charge in [-0.25, -0.2) is 4.90 Å². The van der Waals surface area contributed by atoms with Crippen LogP contribution < -0.4 is 4.90 Å². The van der Waals surface area contributed by atoms with Crippen molar-refractivity contribution < 1.29 is 9.59 Å². The standard InChI is InChI=1S/C25H16N2O2/c26-13-14-9-11-15(12-10-14)27-24(28)22-20-16-5-1-2-6-17(16)21(23(22)25(27)29)19-8-4-3-7-18(19)20/h1-12,20-23H. The highest BCUT2D eigenvalue weighted by molar-refractivity contribution is 6.23. The Morgan fingerprint density at radius 3 is 1.45 bits per heavy atom. The average molecular weight is 376 g/mol. The Kier molecular flexibility index (Phi) is 3.17. The third-order valence-electron chi connectivity index (χ3n) is 6.70. The maximum atomic E-state index is 13.6. The molecule has 0 aromatic heterocycles. The third-order valence-corrected chi connectivity index (χ3v) is 6.70. The van der Waals surface area contributed by atoms with Gasteiger partial charge in [0, 0.05) is 11.8 Å². The van der Waals surface area contributed by atoms with Crippen LogP contribution in [0.5, 0.6) is 0 Å². The molecule has 29 heavy (non-hydrogen) atoms. The molecule has 0 N–H and O–H groups in total. The van der Waals surface area contributed by atoms with Crippen LogP contribution in [0, 0.1) is 23.2 Å². The monoisotopic (exact) mass is 376 g/mol. The molecule has 2 atom stereocenters. The third kappa shape index (κ3) is 1.97. The lowest BCUT2D eigenvalue weighted by molar-refractivity contribution is -0.122. The number of anilines is 1. The second-order valence-corrected chi connectivity index (χ2v) is 7.94. The molecule has 3 aliphatic carbocycles. The maximum Gasteiger partial charge on any atom is 0.238 e. The van der Waals surface area contributed by atoms with Crippen molar-refractivity contribution in [1.82, 2.24) is 0 Å². The van der Waals surface area contributed by atoms with Gasteiger partial charge in [0.25, 0.3) is 0 Å². The molecule has 4 heteroatoms. The fourth-order valence-electron chi connectivity index (χ4n) is 5.62. The Morgan fingerprint density at radius 2 is 1.07 bits per heavy atom. The molecule has 1 aliphatic heterocycles. The van der Waals surface area contributed by atoms with E-state index in [4.69, 9.17) is 5.26 Å². The Labute approximate surface area is 168 Å². The normalized spacial score (nSPS) is 26.0. The van der Waals surface area contributed by atoms with Gasteiger partial charge in [0.15, 0.2) is 0 Å². The summed E-state index contributed by atoms with van der Waals surface area (Å²) in [6.07, 6.45) is 0. The summed E-state index contributed by atoms with van der Waals surface area (Å²) in [5.41, 5.74) is 5.71. The summed E-state index contributed by atoms with van der Waals surface area (Å²) >= 11 is 0. The number of benzene rings is 3. The first kappa shape index (κ1) is 16.3. The number of hydrogen-bond acceptors (Lipinski definition) is 3. The Bertz CT molecular complexity index is 1120. The summed E-state index contributed by atoms with van der Waals surface area (Å²) in [6.45, 7) is 0. The van der Waals surface area contributed by atoms with Gasteiger partial charge in [-0.3, -0.25) is 9.59 Å². The van der Waals surface area contributed by atoms with E-state index in [1.165, 1.54) is 27.2 Å². The van der Waals surface area contributed by atoms with E-state index < -0.39 is 0 Å². The Morgan fingerprint density at radius 1 is 0.655 bits per heavy atom. The first-order chi connectivity index (χ1) is 14.2. The van der Waals surface area contributed by atoms with Gasteiger partial charge in [0.1, 0.15) is 0 Å². The lowest BCUT2D eigenvalue weighted by Crippen LogP contribution is -2.41. The fourth-order valence-corrected chi connectivity index (χ4v) is 5.62. The van der Waals surface area contributed by atoms with E-state index in [1.807, 2.05) is 24.3 Å². The van der Waals surface area contributed by atoms with Crippen LogP contribution in [-0.4, -0.2) is 11.8 Å². The van der Waals surface area contributed by atoms with E-state index in [0.717, 1.165) is 0 Å². The molecule has 3 aromatic rings. The number of carbonyl (C=O) groups excluding carboxylic acids is 2. The van der Waals surface area contributed by atoms with Crippen LogP contribution >= 0.6 is 0 Å². The Hall–Kier alpha value is -3.71. The molecule has 4 nitrogen and oxygen atoms in total. The quantitative estimate of drug-likeness (QED) is 0.604. The molecule has 0 radical (unpaired) electrons. The predicted octanol–water partition coefficient (Wildman–Crippen LogP) is 3.95. The lowest BCUT2D eigenvalue weighted by atomic mass is 9.55. The zero-order chi connectivity index (χ0) is 19.7. The minimum atomic E-state index is -0.382. The van der Waals surface area contributed by atoms with Crippen molar-refractivity contribution in [2.24, 2.45) is 11.8 Å². The largest absolute Gasteiger partial charge is 0.274 e. The van der Waals surface area contributed by atoms with Crippen molar-refractivity contribution in [2.75, 3.05) is 4.90 Å². The van der Waals surface area contributed by atoms with Crippen LogP contribution in [-0.2, 0) is 9.59 Å². The number of hydrogen-bond donors (Lipinski definition) is 0. The van der Waals surface area contributed by atoms with Crippen molar-refractivity contribution in [2.45, 2.75) is 11.8 Å². The minimum absolute atomic E-state index is 0.0998. The average Bonchev–Trinajstić information content (AvgIpc) is 3.04. The predicted molar refractivity (Wildman–Crippen MR) is 107 cm³/mol. The first-order valence-corrected chi connectivity index (χ1v) is 9.76. The van der Waals surface area contributed by atoms with Gasteiger partial charge >= 0.3 is 0 Å². The molecular weight excluding hydrogens is 360 g/mol. The van der Waals surface area contributed by atoms with Crippen LogP contribution in [0.15, 0.2) is 72.8 Å². The van der Waals surface area contributed by atoms with E-state index >= 15 is 0 Å². The molecule has 0 saturated carbocycles. The molecule has 138 valence electrons.